The highest BCUT2D eigenvalue weighted by atomic mass is 16.1. The summed E-state index contributed by atoms with van der Waals surface area (Å²) in [7, 11) is 0. The smallest absolute Gasteiger partial charge is 0.251 e. The predicted octanol–water partition coefficient (Wildman–Crippen LogP) is 5.43. The number of benzene rings is 1. The van der Waals surface area contributed by atoms with Crippen LogP contribution in [0.25, 0.3) is 10.9 Å². The number of carbonyl (C=O) groups is 1. The maximum Gasteiger partial charge on any atom is 0.251 e. The van der Waals surface area contributed by atoms with E-state index < -0.39 is 0 Å². The Kier molecular flexibility index (Phi) is 8.52. The minimum atomic E-state index is -0.230. The Morgan fingerprint density at radius 3 is 2.09 bits per heavy atom. The maximum absolute atomic E-state index is 12.2. The second-order valence-electron chi connectivity index (χ2n) is 6.02. The average Bonchev–Trinajstić information content (AvgIpc) is 2.49. The number of nitrogens with zero attached hydrogens (tertiary/aromatic N) is 1. The number of aryl methyl sites for hydroxylation is 2. The van der Waals surface area contributed by atoms with E-state index >= 15 is 0 Å². The molecule has 1 aromatic carbocycles. The van der Waals surface area contributed by atoms with Crippen LogP contribution in [0.15, 0.2) is 24.3 Å². The summed E-state index contributed by atoms with van der Waals surface area (Å²) in [5.41, 5.74) is 3.53. The molecule has 128 valence electrons. The lowest BCUT2D eigenvalue weighted by atomic mass is 10.0. The standard InChI is InChI=1S/C16H20N2O.2C2H6/c1-10-8-11(2)17-14-7-6-12(9-13(10)14)15(19)18-16(3,4)5;2*1-2/h6-9H,1-5H3,(H,18,19);2*1-2H3. The molecular formula is C20H32N2O. The number of hydrogen-bond acceptors (Lipinski definition) is 2. The Hall–Kier alpha value is -1.90. The van der Waals surface area contributed by atoms with Crippen LogP contribution in [0, 0.1) is 13.8 Å². The summed E-state index contributed by atoms with van der Waals surface area (Å²) in [6.07, 6.45) is 0. The predicted molar refractivity (Wildman–Crippen MR) is 101 cm³/mol. The van der Waals surface area contributed by atoms with E-state index in [1.54, 1.807) is 0 Å². The quantitative estimate of drug-likeness (QED) is 0.762. The highest BCUT2D eigenvalue weighted by molar-refractivity contribution is 5.98. The van der Waals surface area contributed by atoms with Gasteiger partial charge in [-0.15, -0.1) is 0 Å². The third-order valence-electron chi connectivity index (χ3n) is 2.89. The van der Waals surface area contributed by atoms with Gasteiger partial charge in [-0.25, -0.2) is 0 Å². The zero-order valence-electron chi connectivity index (χ0n) is 16.2. The molecule has 23 heavy (non-hydrogen) atoms. The van der Waals surface area contributed by atoms with Gasteiger partial charge in [0, 0.05) is 22.2 Å². The number of rotatable bonds is 1. The fourth-order valence-corrected chi connectivity index (χ4v) is 2.12. The SMILES string of the molecule is CC.CC.Cc1cc(C)c2cc(C(=O)NC(C)(C)C)ccc2n1. The van der Waals surface area contributed by atoms with Gasteiger partial charge in [-0.3, -0.25) is 9.78 Å². The van der Waals surface area contributed by atoms with Gasteiger partial charge in [-0.05, 0) is 64.4 Å². The van der Waals surface area contributed by atoms with Crippen molar-refractivity contribution in [2.45, 2.75) is 67.9 Å². The molecule has 3 nitrogen and oxygen atoms in total. The van der Waals surface area contributed by atoms with Crippen molar-refractivity contribution >= 4 is 16.8 Å². The van der Waals surface area contributed by atoms with Gasteiger partial charge >= 0.3 is 0 Å². The molecule has 0 saturated carbocycles. The Morgan fingerprint density at radius 2 is 1.57 bits per heavy atom. The molecule has 0 aliphatic heterocycles. The molecule has 0 bridgehead atoms. The van der Waals surface area contributed by atoms with Gasteiger partial charge in [0.25, 0.3) is 5.91 Å². The highest BCUT2D eigenvalue weighted by Gasteiger charge is 2.15. The minimum Gasteiger partial charge on any atom is -0.347 e. The van der Waals surface area contributed by atoms with Gasteiger partial charge in [0.2, 0.25) is 0 Å². The first-order chi connectivity index (χ1) is 10.8. The summed E-state index contributed by atoms with van der Waals surface area (Å²) in [6.45, 7) is 17.9. The number of hydrogen-bond donors (Lipinski definition) is 1. The van der Waals surface area contributed by atoms with E-state index in [2.05, 4.69) is 10.3 Å². The number of aromatic nitrogens is 1. The largest absolute Gasteiger partial charge is 0.347 e. The van der Waals surface area contributed by atoms with E-state index in [1.807, 2.05) is 86.6 Å². The van der Waals surface area contributed by atoms with Crippen LogP contribution in [0.5, 0.6) is 0 Å². The molecule has 2 aromatic rings. The molecule has 3 heteroatoms. The molecule has 2 rings (SSSR count). The lowest BCUT2D eigenvalue weighted by Gasteiger charge is -2.20. The van der Waals surface area contributed by atoms with E-state index in [9.17, 15) is 4.79 Å². The Morgan fingerprint density at radius 1 is 1.00 bits per heavy atom. The lowest BCUT2D eigenvalue weighted by Crippen LogP contribution is -2.40. The van der Waals surface area contributed by atoms with Crippen LogP contribution in [0.4, 0.5) is 0 Å². The first-order valence-electron chi connectivity index (χ1n) is 8.47. The number of fused-ring (bicyclic) bond motifs is 1. The second-order valence-corrected chi connectivity index (χ2v) is 6.02. The molecule has 1 N–H and O–H groups in total. The first-order valence-corrected chi connectivity index (χ1v) is 8.47. The normalized spacial score (nSPS) is 10.1. The van der Waals surface area contributed by atoms with Gasteiger partial charge in [-0.1, -0.05) is 27.7 Å². The van der Waals surface area contributed by atoms with Crippen LogP contribution in [-0.2, 0) is 0 Å². The second kappa shape index (κ2) is 9.29. The number of carbonyl (C=O) groups excluding carboxylic acids is 1. The summed E-state index contributed by atoms with van der Waals surface area (Å²) < 4.78 is 0. The van der Waals surface area contributed by atoms with E-state index in [0.717, 1.165) is 22.2 Å². The fraction of sp³-hybridized carbons (Fsp3) is 0.500. The van der Waals surface area contributed by atoms with Gasteiger partial charge < -0.3 is 5.32 Å². The topological polar surface area (TPSA) is 42.0 Å². The molecule has 1 heterocycles. The van der Waals surface area contributed by atoms with Gasteiger partial charge in [0.05, 0.1) is 5.52 Å². The van der Waals surface area contributed by atoms with Gasteiger partial charge in [0.15, 0.2) is 0 Å². The first kappa shape index (κ1) is 21.1. The molecular weight excluding hydrogens is 284 g/mol. The molecule has 0 atom stereocenters. The number of amides is 1. The van der Waals surface area contributed by atoms with Gasteiger partial charge in [0.1, 0.15) is 0 Å². The summed E-state index contributed by atoms with van der Waals surface area (Å²) in [5, 5.41) is 4.01. The van der Waals surface area contributed by atoms with E-state index in [-0.39, 0.29) is 11.4 Å². The van der Waals surface area contributed by atoms with Crippen LogP contribution in [0.2, 0.25) is 0 Å². The Balaban J connectivity index is 0.00000112. The van der Waals surface area contributed by atoms with Crippen LogP contribution in [0.1, 0.15) is 70.1 Å². The molecule has 0 fully saturated rings. The highest BCUT2D eigenvalue weighted by Crippen LogP contribution is 2.19. The van der Waals surface area contributed by atoms with Crippen molar-refractivity contribution < 1.29 is 4.79 Å². The summed E-state index contributed by atoms with van der Waals surface area (Å²) in [6, 6.07) is 7.69. The summed E-state index contributed by atoms with van der Waals surface area (Å²) in [4.78, 5) is 16.6. The fourth-order valence-electron chi connectivity index (χ4n) is 2.12. The van der Waals surface area contributed by atoms with Crippen molar-refractivity contribution in [3.05, 3.63) is 41.1 Å². The van der Waals surface area contributed by atoms with Crippen LogP contribution >= 0.6 is 0 Å². The third-order valence-corrected chi connectivity index (χ3v) is 2.89. The molecule has 0 saturated heterocycles. The summed E-state index contributed by atoms with van der Waals surface area (Å²) >= 11 is 0. The van der Waals surface area contributed by atoms with Crippen molar-refractivity contribution in [1.29, 1.82) is 0 Å². The van der Waals surface area contributed by atoms with Crippen molar-refractivity contribution in [3.8, 4) is 0 Å². The molecule has 0 spiro atoms. The summed E-state index contributed by atoms with van der Waals surface area (Å²) in [5.74, 6) is -0.0469. The van der Waals surface area contributed by atoms with Crippen molar-refractivity contribution in [2.24, 2.45) is 0 Å². The zero-order chi connectivity index (χ0) is 18.2. The average molecular weight is 316 g/mol. The van der Waals surface area contributed by atoms with Crippen LogP contribution in [0.3, 0.4) is 0 Å². The van der Waals surface area contributed by atoms with E-state index in [0.29, 0.717) is 5.56 Å². The number of nitrogens with one attached hydrogen (secondary N) is 1. The van der Waals surface area contributed by atoms with E-state index in [1.165, 1.54) is 0 Å². The number of pyridine rings is 1. The molecule has 0 radical (unpaired) electrons. The minimum absolute atomic E-state index is 0.0469. The van der Waals surface area contributed by atoms with E-state index in [4.69, 9.17) is 0 Å². The van der Waals surface area contributed by atoms with Crippen LogP contribution < -0.4 is 5.32 Å². The van der Waals surface area contributed by atoms with Crippen molar-refractivity contribution in [1.82, 2.24) is 10.3 Å². The lowest BCUT2D eigenvalue weighted by molar-refractivity contribution is 0.0919. The molecule has 0 unspecified atom stereocenters. The molecule has 1 aromatic heterocycles. The van der Waals surface area contributed by atoms with Crippen molar-refractivity contribution in [2.75, 3.05) is 0 Å². The molecule has 0 aliphatic carbocycles. The van der Waals surface area contributed by atoms with Crippen molar-refractivity contribution in [3.63, 3.8) is 0 Å². The maximum atomic E-state index is 12.2. The van der Waals surface area contributed by atoms with Crippen LogP contribution in [-0.4, -0.2) is 16.4 Å². The zero-order valence-corrected chi connectivity index (χ0v) is 16.2. The molecule has 1 amide bonds. The monoisotopic (exact) mass is 316 g/mol. The Labute approximate surface area is 141 Å². The molecule has 0 aliphatic rings. The van der Waals surface area contributed by atoms with Gasteiger partial charge in [-0.2, -0.15) is 0 Å². The Bertz CT molecular complexity index is 640. The third kappa shape index (κ3) is 6.39.